The summed E-state index contributed by atoms with van der Waals surface area (Å²) in [5.41, 5.74) is 0. The average Bonchev–Trinajstić information content (AvgIpc) is 2.32. The van der Waals surface area contributed by atoms with Crippen LogP contribution >= 0.6 is 0 Å². The molecule has 0 aromatic heterocycles. The van der Waals surface area contributed by atoms with Crippen molar-refractivity contribution < 1.29 is 8.85 Å². The van der Waals surface area contributed by atoms with Crippen molar-refractivity contribution in [3.05, 3.63) is 0 Å². The highest BCUT2D eigenvalue weighted by atomic mass is 28.3. The predicted molar refractivity (Wildman–Crippen MR) is 73.2 cm³/mol. The molecule has 0 aliphatic rings. The van der Waals surface area contributed by atoms with Crippen molar-refractivity contribution in [3.63, 3.8) is 0 Å². The first-order valence-corrected chi connectivity index (χ1v) is 8.66. The summed E-state index contributed by atoms with van der Waals surface area (Å²) >= 11 is 0. The van der Waals surface area contributed by atoms with Gasteiger partial charge in [0.2, 0.25) is 0 Å². The molecule has 0 radical (unpaired) electrons. The van der Waals surface area contributed by atoms with Gasteiger partial charge in [-0.05, 0) is 6.04 Å². The molecule has 16 heavy (non-hydrogen) atoms. The molecule has 0 heterocycles. The van der Waals surface area contributed by atoms with E-state index in [2.05, 4.69) is 6.92 Å². The van der Waals surface area contributed by atoms with Crippen LogP contribution in [0.15, 0.2) is 0 Å². The van der Waals surface area contributed by atoms with Crippen LogP contribution in [0.3, 0.4) is 0 Å². The molecule has 0 atom stereocenters. The molecule has 0 saturated heterocycles. The second kappa shape index (κ2) is 13.2. The second-order valence-electron chi connectivity index (χ2n) is 4.52. The smallest absolute Gasteiger partial charge is 0.320 e. The van der Waals surface area contributed by atoms with Crippen molar-refractivity contribution in [2.24, 2.45) is 0 Å². The fraction of sp³-hybridized carbons (Fsp3) is 1.00. The second-order valence-corrected chi connectivity index (χ2v) is 6.90. The zero-order chi connectivity index (χ0) is 12.1. The van der Waals surface area contributed by atoms with Gasteiger partial charge in [0, 0.05) is 14.2 Å². The van der Waals surface area contributed by atoms with E-state index in [9.17, 15) is 0 Å². The van der Waals surface area contributed by atoms with Crippen molar-refractivity contribution in [1.29, 1.82) is 0 Å². The largest absolute Gasteiger partial charge is 0.400 e. The average molecular weight is 246 g/mol. The summed E-state index contributed by atoms with van der Waals surface area (Å²) in [6, 6.07) is 1.17. The molecule has 0 spiro atoms. The van der Waals surface area contributed by atoms with Gasteiger partial charge >= 0.3 is 9.28 Å². The van der Waals surface area contributed by atoms with Gasteiger partial charge in [-0.2, -0.15) is 0 Å². The van der Waals surface area contributed by atoms with Crippen LogP contribution in [-0.4, -0.2) is 23.5 Å². The Kier molecular flexibility index (Phi) is 13.3. The lowest BCUT2D eigenvalue weighted by molar-refractivity contribution is 0.276. The van der Waals surface area contributed by atoms with E-state index < -0.39 is 9.28 Å². The molecule has 2 nitrogen and oxygen atoms in total. The molecular formula is C13H30O2Si. The number of hydrogen-bond acceptors (Lipinski definition) is 2. The third kappa shape index (κ3) is 10.6. The Balaban J connectivity index is 3.03. The van der Waals surface area contributed by atoms with Crippen molar-refractivity contribution in [2.45, 2.75) is 70.8 Å². The molecule has 0 N–H and O–H groups in total. The van der Waals surface area contributed by atoms with E-state index in [1.807, 2.05) is 0 Å². The molecule has 0 aromatic rings. The number of rotatable bonds is 12. The van der Waals surface area contributed by atoms with E-state index in [0.717, 1.165) is 0 Å². The third-order valence-corrected chi connectivity index (χ3v) is 5.00. The van der Waals surface area contributed by atoms with E-state index in [1.165, 1.54) is 63.8 Å². The van der Waals surface area contributed by atoms with Gasteiger partial charge in [0.1, 0.15) is 0 Å². The van der Waals surface area contributed by atoms with Crippen LogP contribution < -0.4 is 0 Å². The van der Waals surface area contributed by atoms with E-state index >= 15 is 0 Å². The van der Waals surface area contributed by atoms with Gasteiger partial charge in [-0.25, -0.2) is 0 Å². The summed E-state index contributed by atoms with van der Waals surface area (Å²) in [6.45, 7) is 2.27. The minimum absolute atomic E-state index is 1.17. The molecule has 0 rings (SSSR count). The number of hydrogen-bond donors (Lipinski definition) is 0. The molecule has 0 unspecified atom stereocenters. The van der Waals surface area contributed by atoms with Crippen LogP contribution in [0.1, 0.15) is 64.7 Å². The summed E-state index contributed by atoms with van der Waals surface area (Å²) in [7, 11) is 2.28. The molecule has 98 valence electrons. The maximum absolute atomic E-state index is 5.29. The highest BCUT2D eigenvalue weighted by molar-refractivity contribution is 6.44. The van der Waals surface area contributed by atoms with Gasteiger partial charge in [0.15, 0.2) is 0 Å². The Morgan fingerprint density at radius 3 is 1.56 bits per heavy atom. The van der Waals surface area contributed by atoms with Gasteiger partial charge in [-0.1, -0.05) is 64.7 Å². The van der Waals surface area contributed by atoms with E-state index in [1.54, 1.807) is 14.2 Å². The van der Waals surface area contributed by atoms with Crippen LogP contribution in [0.5, 0.6) is 0 Å². The van der Waals surface area contributed by atoms with Gasteiger partial charge in [0.25, 0.3) is 0 Å². The van der Waals surface area contributed by atoms with E-state index in [0.29, 0.717) is 0 Å². The molecule has 0 amide bonds. The first kappa shape index (κ1) is 16.1. The van der Waals surface area contributed by atoms with Crippen LogP contribution in [-0.2, 0) is 8.85 Å². The van der Waals surface area contributed by atoms with Crippen molar-refractivity contribution in [2.75, 3.05) is 14.2 Å². The molecule has 0 aromatic carbocycles. The highest BCUT2D eigenvalue weighted by Gasteiger charge is 2.07. The Labute approximate surface area is 104 Å². The highest BCUT2D eigenvalue weighted by Crippen LogP contribution is 2.11. The number of unbranched alkanes of at least 4 members (excludes halogenated alkanes) is 8. The van der Waals surface area contributed by atoms with Gasteiger partial charge in [-0.3, -0.25) is 0 Å². The summed E-state index contributed by atoms with van der Waals surface area (Å²) in [6.07, 6.45) is 12.5. The van der Waals surface area contributed by atoms with E-state index in [-0.39, 0.29) is 0 Å². The van der Waals surface area contributed by atoms with Crippen LogP contribution in [0.25, 0.3) is 0 Å². The van der Waals surface area contributed by atoms with Crippen LogP contribution in [0, 0.1) is 0 Å². The summed E-state index contributed by atoms with van der Waals surface area (Å²) in [4.78, 5) is 0. The first-order valence-electron chi connectivity index (χ1n) is 6.90. The topological polar surface area (TPSA) is 18.5 Å². The fourth-order valence-electron chi connectivity index (χ4n) is 1.95. The third-order valence-electron chi connectivity index (χ3n) is 3.07. The SMILES string of the molecule is CCCCCCCCCCC[SiH](OC)OC. The zero-order valence-corrected chi connectivity index (χ0v) is 12.6. The lowest BCUT2D eigenvalue weighted by Crippen LogP contribution is -2.18. The van der Waals surface area contributed by atoms with Gasteiger partial charge < -0.3 is 8.85 Å². The normalized spacial score (nSPS) is 11.2. The Morgan fingerprint density at radius 1 is 0.688 bits per heavy atom. The molecule has 0 aliphatic heterocycles. The van der Waals surface area contributed by atoms with Crippen molar-refractivity contribution in [1.82, 2.24) is 0 Å². The fourth-order valence-corrected chi connectivity index (χ4v) is 3.24. The van der Waals surface area contributed by atoms with Crippen LogP contribution in [0.4, 0.5) is 0 Å². The maximum Gasteiger partial charge on any atom is 0.320 e. The standard InChI is InChI=1S/C13H30O2Si/c1-4-5-6-7-8-9-10-11-12-13-16(14-2)15-3/h16H,4-13H2,1-3H3. The first-order chi connectivity index (χ1) is 7.85. The minimum Gasteiger partial charge on any atom is -0.400 e. The Bertz CT molecular complexity index is 127. The maximum atomic E-state index is 5.29. The molecular weight excluding hydrogens is 216 g/mol. The predicted octanol–water partition coefficient (Wildman–Crippen LogP) is 4.03. The van der Waals surface area contributed by atoms with E-state index in [4.69, 9.17) is 8.85 Å². The lowest BCUT2D eigenvalue weighted by atomic mass is 10.1. The monoisotopic (exact) mass is 246 g/mol. The molecule has 0 bridgehead atoms. The van der Waals surface area contributed by atoms with Gasteiger partial charge in [0.05, 0.1) is 0 Å². The van der Waals surface area contributed by atoms with Crippen molar-refractivity contribution in [3.8, 4) is 0 Å². The van der Waals surface area contributed by atoms with Crippen LogP contribution in [0.2, 0.25) is 6.04 Å². The van der Waals surface area contributed by atoms with Crippen molar-refractivity contribution >= 4 is 9.28 Å². The lowest BCUT2D eigenvalue weighted by Gasteiger charge is -2.10. The minimum atomic E-state index is -1.27. The summed E-state index contributed by atoms with van der Waals surface area (Å²) < 4.78 is 10.6. The molecule has 0 fully saturated rings. The summed E-state index contributed by atoms with van der Waals surface area (Å²) in [5.74, 6) is 0. The quantitative estimate of drug-likeness (QED) is 0.382. The molecule has 0 aliphatic carbocycles. The van der Waals surface area contributed by atoms with Gasteiger partial charge in [-0.15, -0.1) is 0 Å². The molecule has 0 saturated carbocycles. The Hall–Kier alpha value is 0.137. The molecule has 3 heteroatoms. The summed E-state index contributed by atoms with van der Waals surface area (Å²) in [5, 5.41) is 0. The Morgan fingerprint density at radius 2 is 1.12 bits per heavy atom. The zero-order valence-electron chi connectivity index (χ0n) is 11.5.